The molecule has 12 heavy (non-hydrogen) atoms. The van der Waals surface area contributed by atoms with Crippen molar-refractivity contribution >= 4 is 0 Å². The van der Waals surface area contributed by atoms with Crippen molar-refractivity contribution in [3.05, 3.63) is 0 Å². The molecule has 1 heterocycles. The summed E-state index contributed by atoms with van der Waals surface area (Å²) in [5.74, 6) is 2.09. The van der Waals surface area contributed by atoms with Crippen LogP contribution in [-0.4, -0.2) is 12.6 Å². The lowest BCUT2D eigenvalue weighted by Crippen LogP contribution is -2.48. The molecule has 1 aliphatic carbocycles. The van der Waals surface area contributed by atoms with E-state index in [1.165, 1.54) is 45.1 Å². The average molecular weight is 167 g/mol. The Bertz CT molecular complexity index is 132. The summed E-state index contributed by atoms with van der Waals surface area (Å²) in [7, 11) is 0. The van der Waals surface area contributed by atoms with Crippen molar-refractivity contribution < 1.29 is 0 Å². The minimum absolute atomic E-state index is 0.905. The van der Waals surface area contributed by atoms with Gasteiger partial charge in [0.15, 0.2) is 0 Å². The standard InChI is InChI=1S/C11H21N/c1-2-9-3-5-10(6-4-9)11-7-8-12-11/h9-12H,2-8H2,1H3. The van der Waals surface area contributed by atoms with Crippen LogP contribution in [-0.2, 0) is 0 Å². The number of nitrogens with one attached hydrogen (secondary N) is 1. The zero-order valence-corrected chi connectivity index (χ0v) is 8.18. The van der Waals surface area contributed by atoms with Gasteiger partial charge in [0.1, 0.15) is 0 Å². The van der Waals surface area contributed by atoms with E-state index in [4.69, 9.17) is 0 Å². The first-order valence-electron chi connectivity index (χ1n) is 5.63. The maximum absolute atomic E-state index is 3.55. The van der Waals surface area contributed by atoms with Crippen LogP contribution in [0.3, 0.4) is 0 Å². The van der Waals surface area contributed by atoms with Gasteiger partial charge >= 0.3 is 0 Å². The summed E-state index contributed by atoms with van der Waals surface area (Å²) in [5.41, 5.74) is 0. The number of rotatable bonds is 2. The predicted octanol–water partition coefficient (Wildman–Crippen LogP) is 2.56. The highest BCUT2D eigenvalue weighted by Crippen LogP contribution is 2.34. The molecule has 2 fully saturated rings. The summed E-state index contributed by atoms with van der Waals surface area (Å²) < 4.78 is 0. The molecule has 2 aliphatic rings. The third-order valence-corrected chi connectivity index (χ3v) is 3.90. The zero-order valence-electron chi connectivity index (χ0n) is 8.18. The molecule has 1 nitrogen and oxygen atoms in total. The minimum atomic E-state index is 0.905. The molecule has 0 bridgehead atoms. The van der Waals surface area contributed by atoms with Gasteiger partial charge in [-0.25, -0.2) is 0 Å². The van der Waals surface area contributed by atoms with E-state index in [0.29, 0.717) is 0 Å². The Morgan fingerprint density at radius 1 is 1.08 bits per heavy atom. The molecule has 1 N–H and O–H groups in total. The highest BCUT2D eigenvalue weighted by molar-refractivity contribution is 4.87. The summed E-state index contributed by atoms with van der Waals surface area (Å²) in [6.45, 7) is 3.62. The lowest BCUT2D eigenvalue weighted by Gasteiger charge is -2.39. The Kier molecular flexibility index (Phi) is 2.69. The van der Waals surface area contributed by atoms with Gasteiger partial charge in [0.25, 0.3) is 0 Å². The van der Waals surface area contributed by atoms with Gasteiger partial charge in [-0.05, 0) is 37.6 Å². The monoisotopic (exact) mass is 167 g/mol. The SMILES string of the molecule is CCC1CCC(C2CCN2)CC1. The van der Waals surface area contributed by atoms with Crippen LogP contribution in [0.5, 0.6) is 0 Å². The van der Waals surface area contributed by atoms with Crippen LogP contribution in [0.1, 0.15) is 45.4 Å². The Morgan fingerprint density at radius 2 is 1.75 bits per heavy atom. The van der Waals surface area contributed by atoms with Crippen LogP contribution in [0.25, 0.3) is 0 Å². The topological polar surface area (TPSA) is 12.0 Å². The van der Waals surface area contributed by atoms with Crippen LogP contribution in [0.4, 0.5) is 0 Å². The van der Waals surface area contributed by atoms with Gasteiger partial charge in [-0.2, -0.15) is 0 Å². The molecule has 0 aromatic heterocycles. The lowest BCUT2D eigenvalue weighted by atomic mass is 9.75. The Balaban J connectivity index is 1.74. The van der Waals surface area contributed by atoms with Gasteiger partial charge < -0.3 is 5.32 Å². The van der Waals surface area contributed by atoms with Crippen LogP contribution < -0.4 is 5.32 Å². The fourth-order valence-corrected chi connectivity index (χ4v) is 2.71. The van der Waals surface area contributed by atoms with E-state index in [1.54, 1.807) is 0 Å². The van der Waals surface area contributed by atoms with Crippen molar-refractivity contribution in [3.63, 3.8) is 0 Å². The van der Waals surface area contributed by atoms with Crippen molar-refractivity contribution in [3.8, 4) is 0 Å². The molecule has 1 saturated heterocycles. The van der Waals surface area contributed by atoms with E-state index in [0.717, 1.165) is 17.9 Å². The summed E-state index contributed by atoms with van der Waals surface area (Å²) in [5, 5.41) is 3.55. The fraction of sp³-hybridized carbons (Fsp3) is 1.00. The van der Waals surface area contributed by atoms with Gasteiger partial charge in [0, 0.05) is 6.04 Å². The first kappa shape index (κ1) is 8.55. The smallest absolute Gasteiger partial charge is 0.0107 e. The molecular formula is C11H21N. The quantitative estimate of drug-likeness (QED) is 0.666. The van der Waals surface area contributed by atoms with Crippen molar-refractivity contribution in [1.29, 1.82) is 0 Å². The molecule has 70 valence electrons. The molecule has 0 spiro atoms. The van der Waals surface area contributed by atoms with E-state index in [9.17, 15) is 0 Å². The molecule has 0 aromatic rings. The third-order valence-electron chi connectivity index (χ3n) is 3.90. The molecular weight excluding hydrogens is 146 g/mol. The molecule has 1 saturated carbocycles. The first-order chi connectivity index (χ1) is 5.90. The van der Waals surface area contributed by atoms with Gasteiger partial charge in [-0.1, -0.05) is 26.2 Å². The van der Waals surface area contributed by atoms with Crippen molar-refractivity contribution in [2.75, 3.05) is 6.54 Å². The second kappa shape index (κ2) is 3.78. The van der Waals surface area contributed by atoms with Gasteiger partial charge in [0.2, 0.25) is 0 Å². The zero-order chi connectivity index (χ0) is 8.39. The number of hydrogen-bond acceptors (Lipinski definition) is 1. The van der Waals surface area contributed by atoms with Crippen LogP contribution in [0.2, 0.25) is 0 Å². The Hall–Kier alpha value is -0.0400. The average Bonchev–Trinajstić information content (AvgIpc) is 2.03. The third kappa shape index (κ3) is 1.66. The van der Waals surface area contributed by atoms with E-state index < -0.39 is 0 Å². The molecule has 0 aromatic carbocycles. The summed E-state index contributed by atoms with van der Waals surface area (Å²) >= 11 is 0. The van der Waals surface area contributed by atoms with Crippen molar-refractivity contribution in [2.45, 2.75) is 51.5 Å². The number of hydrogen-bond donors (Lipinski definition) is 1. The molecule has 0 radical (unpaired) electrons. The highest BCUT2D eigenvalue weighted by atomic mass is 15.0. The second-order valence-corrected chi connectivity index (χ2v) is 4.54. The molecule has 1 aliphatic heterocycles. The van der Waals surface area contributed by atoms with Crippen LogP contribution in [0, 0.1) is 11.8 Å². The van der Waals surface area contributed by atoms with Crippen molar-refractivity contribution in [1.82, 2.24) is 5.32 Å². The molecule has 0 amide bonds. The molecule has 1 atom stereocenters. The van der Waals surface area contributed by atoms with E-state index in [-0.39, 0.29) is 0 Å². The molecule has 2 rings (SSSR count). The highest BCUT2D eigenvalue weighted by Gasteiger charge is 2.29. The molecule has 1 heteroatoms. The predicted molar refractivity (Wildman–Crippen MR) is 52.1 cm³/mol. The normalized spacial score (nSPS) is 42.2. The largest absolute Gasteiger partial charge is 0.314 e. The summed E-state index contributed by atoms with van der Waals surface area (Å²) in [6.07, 6.45) is 8.84. The maximum atomic E-state index is 3.55. The van der Waals surface area contributed by atoms with Crippen LogP contribution in [0.15, 0.2) is 0 Å². The first-order valence-corrected chi connectivity index (χ1v) is 5.63. The molecule has 1 unspecified atom stereocenters. The Morgan fingerprint density at radius 3 is 2.17 bits per heavy atom. The van der Waals surface area contributed by atoms with E-state index in [1.807, 2.05) is 0 Å². The second-order valence-electron chi connectivity index (χ2n) is 4.54. The lowest BCUT2D eigenvalue weighted by molar-refractivity contribution is 0.175. The van der Waals surface area contributed by atoms with Crippen molar-refractivity contribution in [2.24, 2.45) is 11.8 Å². The van der Waals surface area contributed by atoms with E-state index in [2.05, 4.69) is 12.2 Å². The summed E-state index contributed by atoms with van der Waals surface area (Å²) in [6, 6.07) is 0.905. The Labute approximate surface area is 75.9 Å². The minimum Gasteiger partial charge on any atom is -0.314 e. The van der Waals surface area contributed by atoms with Gasteiger partial charge in [-0.15, -0.1) is 0 Å². The fourth-order valence-electron chi connectivity index (χ4n) is 2.71. The summed E-state index contributed by atoms with van der Waals surface area (Å²) in [4.78, 5) is 0. The van der Waals surface area contributed by atoms with E-state index >= 15 is 0 Å². The van der Waals surface area contributed by atoms with Crippen LogP contribution >= 0.6 is 0 Å². The maximum Gasteiger partial charge on any atom is 0.0107 e. The van der Waals surface area contributed by atoms with Gasteiger partial charge in [-0.3, -0.25) is 0 Å². The van der Waals surface area contributed by atoms with Gasteiger partial charge in [0.05, 0.1) is 0 Å².